The summed E-state index contributed by atoms with van der Waals surface area (Å²) >= 11 is 0. The van der Waals surface area contributed by atoms with E-state index in [1.807, 2.05) is 49.0 Å². The predicted octanol–water partition coefficient (Wildman–Crippen LogP) is 4.96. The SMILES string of the molecule is Cc1ccc(Cn2nc(-c3nc(-c4ccc(C(C)(C)C)cc4)no3)cc2C)cn1. The van der Waals surface area contributed by atoms with Crippen molar-refractivity contribution in [3.63, 3.8) is 0 Å². The third-order valence-corrected chi connectivity index (χ3v) is 4.94. The molecule has 0 fully saturated rings. The summed E-state index contributed by atoms with van der Waals surface area (Å²) in [5, 5.41) is 8.79. The van der Waals surface area contributed by atoms with Gasteiger partial charge in [0.05, 0.1) is 6.54 Å². The molecule has 0 saturated heterocycles. The van der Waals surface area contributed by atoms with Crippen LogP contribution in [0.4, 0.5) is 0 Å². The number of aromatic nitrogens is 5. The molecule has 148 valence electrons. The average Bonchev–Trinajstić information content (AvgIpc) is 3.30. The molecule has 0 unspecified atom stereocenters. The minimum absolute atomic E-state index is 0.109. The summed E-state index contributed by atoms with van der Waals surface area (Å²) in [5.74, 6) is 0.985. The van der Waals surface area contributed by atoms with Gasteiger partial charge in [-0.25, -0.2) is 0 Å². The minimum Gasteiger partial charge on any atom is -0.332 e. The van der Waals surface area contributed by atoms with Gasteiger partial charge in [-0.15, -0.1) is 0 Å². The Labute approximate surface area is 170 Å². The lowest BCUT2D eigenvalue weighted by Gasteiger charge is -2.18. The largest absolute Gasteiger partial charge is 0.332 e. The molecule has 4 aromatic rings. The lowest BCUT2D eigenvalue weighted by atomic mass is 9.87. The lowest BCUT2D eigenvalue weighted by molar-refractivity contribution is 0.430. The van der Waals surface area contributed by atoms with Gasteiger partial charge >= 0.3 is 0 Å². The highest BCUT2D eigenvalue weighted by Crippen LogP contribution is 2.26. The fraction of sp³-hybridized carbons (Fsp3) is 0.304. The number of nitrogens with zero attached hydrogens (tertiary/aromatic N) is 5. The van der Waals surface area contributed by atoms with E-state index in [0.717, 1.165) is 22.5 Å². The van der Waals surface area contributed by atoms with Crippen molar-refractivity contribution >= 4 is 0 Å². The molecule has 0 aliphatic rings. The van der Waals surface area contributed by atoms with Gasteiger partial charge in [0.15, 0.2) is 5.69 Å². The summed E-state index contributed by atoms with van der Waals surface area (Å²) in [6.45, 7) is 11.2. The van der Waals surface area contributed by atoms with Crippen molar-refractivity contribution in [3.05, 3.63) is 71.2 Å². The van der Waals surface area contributed by atoms with Crippen LogP contribution < -0.4 is 0 Å². The summed E-state index contributed by atoms with van der Waals surface area (Å²) in [4.78, 5) is 8.90. The number of hydrogen-bond acceptors (Lipinski definition) is 5. The van der Waals surface area contributed by atoms with Crippen molar-refractivity contribution in [1.82, 2.24) is 24.9 Å². The molecule has 0 aliphatic carbocycles. The topological polar surface area (TPSA) is 69.6 Å². The number of benzene rings is 1. The number of hydrogen-bond donors (Lipinski definition) is 0. The third kappa shape index (κ3) is 4.11. The Kier molecular flexibility index (Phi) is 4.78. The standard InChI is InChI=1S/C23H25N5O/c1-15-6-7-17(13-24-15)14-28-16(2)12-20(26-28)22-25-21(27-29-22)18-8-10-19(11-9-18)23(3,4)5/h6-13H,14H2,1-5H3. The second-order valence-electron chi connectivity index (χ2n) is 8.39. The Morgan fingerprint density at radius 3 is 2.41 bits per heavy atom. The first-order chi connectivity index (χ1) is 13.8. The predicted molar refractivity (Wildman–Crippen MR) is 112 cm³/mol. The highest BCUT2D eigenvalue weighted by Gasteiger charge is 2.17. The molecule has 0 atom stereocenters. The Hall–Kier alpha value is -3.28. The van der Waals surface area contributed by atoms with Crippen LogP contribution in [-0.4, -0.2) is 24.9 Å². The molecular formula is C23H25N5O. The number of rotatable bonds is 4. The van der Waals surface area contributed by atoms with E-state index < -0.39 is 0 Å². The zero-order valence-corrected chi connectivity index (χ0v) is 17.5. The molecule has 0 amide bonds. The van der Waals surface area contributed by atoms with E-state index in [1.165, 1.54) is 5.56 Å². The van der Waals surface area contributed by atoms with Crippen molar-refractivity contribution in [3.8, 4) is 23.0 Å². The van der Waals surface area contributed by atoms with Gasteiger partial charge < -0.3 is 4.52 Å². The molecule has 1 aromatic carbocycles. The van der Waals surface area contributed by atoms with Gasteiger partial charge in [0.2, 0.25) is 5.82 Å². The van der Waals surface area contributed by atoms with Gasteiger partial charge in [-0.3, -0.25) is 9.67 Å². The summed E-state index contributed by atoms with van der Waals surface area (Å²) in [7, 11) is 0. The summed E-state index contributed by atoms with van der Waals surface area (Å²) in [6, 6.07) is 14.3. The van der Waals surface area contributed by atoms with Gasteiger partial charge in [-0.2, -0.15) is 10.1 Å². The Balaban J connectivity index is 1.56. The van der Waals surface area contributed by atoms with Gasteiger partial charge in [-0.1, -0.05) is 56.3 Å². The molecule has 0 bridgehead atoms. The maximum atomic E-state index is 5.49. The molecule has 0 aliphatic heterocycles. The van der Waals surface area contributed by atoms with Crippen molar-refractivity contribution in [2.75, 3.05) is 0 Å². The van der Waals surface area contributed by atoms with E-state index >= 15 is 0 Å². The Morgan fingerprint density at radius 2 is 1.76 bits per heavy atom. The molecule has 4 rings (SSSR count). The molecule has 3 heterocycles. The van der Waals surface area contributed by atoms with E-state index in [0.29, 0.717) is 24.0 Å². The smallest absolute Gasteiger partial charge is 0.278 e. The summed E-state index contributed by atoms with van der Waals surface area (Å²) in [6.07, 6.45) is 1.88. The lowest BCUT2D eigenvalue weighted by Crippen LogP contribution is -2.10. The van der Waals surface area contributed by atoms with E-state index in [9.17, 15) is 0 Å². The van der Waals surface area contributed by atoms with E-state index in [4.69, 9.17) is 4.52 Å². The molecule has 0 radical (unpaired) electrons. The quantitative estimate of drug-likeness (QED) is 0.495. The molecule has 3 aromatic heterocycles. The number of pyridine rings is 1. The average molecular weight is 387 g/mol. The monoisotopic (exact) mass is 387 g/mol. The highest BCUT2D eigenvalue weighted by molar-refractivity contribution is 5.58. The molecule has 6 heteroatoms. The first-order valence-corrected chi connectivity index (χ1v) is 9.70. The van der Waals surface area contributed by atoms with Gasteiger partial charge in [0.1, 0.15) is 0 Å². The molecule has 0 spiro atoms. The summed E-state index contributed by atoms with van der Waals surface area (Å²) < 4.78 is 7.41. The fourth-order valence-electron chi connectivity index (χ4n) is 3.10. The molecule has 0 N–H and O–H groups in total. The molecule has 6 nitrogen and oxygen atoms in total. The van der Waals surface area contributed by atoms with Gasteiger partial charge in [0.25, 0.3) is 5.89 Å². The van der Waals surface area contributed by atoms with Crippen LogP contribution in [0.3, 0.4) is 0 Å². The van der Waals surface area contributed by atoms with Crippen molar-refractivity contribution in [2.24, 2.45) is 0 Å². The van der Waals surface area contributed by atoms with Crippen LogP contribution >= 0.6 is 0 Å². The van der Waals surface area contributed by atoms with Crippen LogP contribution in [0.25, 0.3) is 23.0 Å². The zero-order valence-electron chi connectivity index (χ0n) is 17.5. The minimum atomic E-state index is 0.109. The van der Waals surface area contributed by atoms with Crippen molar-refractivity contribution in [2.45, 2.75) is 46.6 Å². The zero-order chi connectivity index (χ0) is 20.6. The van der Waals surface area contributed by atoms with Gasteiger partial charge in [-0.05, 0) is 42.5 Å². The van der Waals surface area contributed by atoms with Crippen molar-refractivity contribution in [1.29, 1.82) is 0 Å². The van der Waals surface area contributed by atoms with E-state index in [-0.39, 0.29) is 5.41 Å². The van der Waals surface area contributed by atoms with Crippen LogP contribution in [0, 0.1) is 13.8 Å². The molecule has 29 heavy (non-hydrogen) atoms. The third-order valence-electron chi connectivity index (χ3n) is 4.94. The van der Waals surface area contributed by atoms with Gasteiger partial charge in [0, 0.05) is 23.1 Å². The fourth-order valence-corrected chi connectivity index (χ4v) is 3.10. The van der Waals surface area contributed by atoms with E-state index in [1.54, 1.807) is 0 Å². The molecular weight excluding hydrogens is 362 g/mol. The second kappa shape index (κ2) is 7.28. The normalized spacial score (nSPS) is 11.8. The van der Waals surface area contributed by atoms with Crippen molar-refractivity contribution < 1.29 is 4.52 Å². The maximum absolute atomic E-state index is 5.49. The first kappa shape index (κ1) is 19.1. The highest BCUT2D eigenvalue weighted by atomic mass is 16.5. The maximum Gasteiger partial charge on any atom is 0.278 e. The summed E-state index contributed by atoms with van der Waals surface area (Å²) in [5.41, 5.74) is 6.10. The first-order valence-electron chi connectivity index (χ1n) is 9.70. The van der Waals surface area contributed by atoms with Crippen LogP contribution in [-0.2, 0) is 12.0 Å². The Bertz CT molecular complexity index is 1120. The molecule has 0 saturated carbocycles. The van der Waals surface area contributed by atoms with E-state index in [2.05, 4.69) is 59.2 Å². The van der Waals surface area contributed by atoms with Crippen LogP contribution in [0.15, 0.2) is 53.2 Å². The number of aryl methyl sites for hydroxylation is 2. The van der Waals surface area contributed by atoms with Crippen LogP contribution in [0.1, 0.15) is 43.3 Å². The van der Waals surface area contributed by atoms with Crippen LogP contribution in [0.5, 0.6) is 0 Å². The van der Waals surface area contributed by atoms with Crippen LogP contribution in [0.2, 0.25) is 0 Å². The second-order valence-corrected chi connectivity index (χ2v) is 8.39. The Morgan fingerprint density at radius 1 is 1.00 bits per heavy atom.